The summed E-state index contributed by atoms with van der Waals surface area (Å²) in [4.78, 5) is 21.9. The highest BCUT2D eigenvalue weighted by Crippen LogP contribution is 2.10. The maximum absolute atomic E-state index is 12.3. The van der Waals surface area contributed by atoms with E-state index < -0.39 is 0 Å². The van der Waals surface area contributed by atoms with Gasteiger partial charge >= 0.3 is 0 Å². The minimum absolute atomic E-state index is 0.130. The Morgan fingerprint density at radius 3 is 2.72 bits per heavy atom. The van der Waals surface area contributed by atoms with Crippen molar-refractivity contribution in [2.24, 2.45) is 0 Å². The lowest BCUT2D eigenvalue weighted by molar-refractivity contribution is 0.0607. The second-order valence-corrected chi connectivity index (χ2v) is 4.36. The number of ether oxygens (including phenoxy) is 1. The number of amides is 1. The molecule has 0 aromatic carbocycles. The minimum atomic E-state index is -0.148. The smallest absolute Gasteiger partial charge is 0.274 e. The van der Waals surface area contributed by atoms with Crippen LogP contribution in [0.1, 0.15) is 30.8 Å². The summed E-state index contributed by atoms with van der Waals surface area (Å²) in [6, 6.07) is 0.130. The Morgan fingerprint density at radius 1 is 1.50 bits per heavy atom. The fourth-order valence-corrected chi connectivity index (χ4v) is 1.60. The number of halogens is 1. The first-order valence-corrected chi connectivity index (χ1v) is 6.25. The molecule has 0 N–H and O–H groups in total. The van der Waals surface area contributed by atoms with Crippen LogP contribution in [0, 0.1) is 0 Å². The molecule has 0 radical (unpaired) electrons. The first kappa shape index (κ1) is 14.9. The van der Waals surface area contributed by atoms with Crippen molar-refractivity contribution in [3.63, 3.8) is 0 Å². The third kappa shape index (κ3) is 3.92. The molecular formula is C12H18ClN3O2. The standard InChI is InChI=1S/C12H18ClN3O2/c1-4-9(2)16(5-6-18-3)12(17)10-7-15-11(13)8-14-10/h7-9H,4-6H2,1-3H3. The largest absolute Gasteiger partial charge is 0.383 e. The molecule has 1 aromatic rings. The van der Waals surface area contributed by atoms with Crippen LogP contribution >= 0.6 is 11.6 Å². The van der Waals surface area contributed by atoms with Crippen molar-refractivity contribution < 1.29 is 9.53 Å². The van der Waals surface area contributed by atoms with E-state index in [1.807, 2.05) is 13.8 Å². The van der Waals surface area contributed by atoms with E-state index in [-0.39, 0.29) is 17.1 Å². The van der Waals surface area contributed by atoms with E-state index in [2.05, 4.69) is 9.97 Å². The molecule has 1 unspecified atom stereocenters. The molecule has 0 saturated heterocycles. The summed E-state index contributed by atoms with van der Waals surface area (Å²) in [5.74, 6) is -0.148. The molecule has 1 rings (SSSR count). The number of hydrogen-bond donors (Lipinski definition) is 0. The van der Waals surface area contributed by atoms with Gasteiger partial charge in [-0.1, -0.05) is 18.5 Å². The number of carbonyl (C=O) groups excluding carboxylic acids is 1. The number of hydrogen-bond acceptors (Lipinski definition) is 4. The normalized spacial score (nSPS) is 12.2. The van der Waals surface area contributed by atoms with Crippen molar-refractivity contribution in [1.82, 2.24) is 14.9 Å². The van der Waals surface area contributed by atoms with Crippen molar-refractivity contribution in [2.45, 2.75) is 26.3 Å². The second kappa shape index (κ2) is 7.28. The van der Waals surface area contributed by atoms with Crippen LogP contribution in [0.5, 0.6) is 0 Å². The zero-order valence-corrected chi connectivity index (χ0v) is 11.6. The van der Waals surface area contributed by atoms with Gasteiger partial charge in [-0.15, -0.1) is 0 Å². The van der Waals surface area contributed by atoms with Gasteiger partial charge < -0.3 is 9.64 Å². The van der Waals surface area contributed by atoms with E-state index in [1.54, 1.807) is 12.0 Å². The predicted molar refractivity (Wildman–Crippen MR) is 69.7 cm³/mol. The van der Waals surface area contributed by atoms with Gasteiger partial charge in [0.15, 0.2) is 0 Å². The number of carbonyl (C=O) groups is 1. The highest BCUT2D eigenvalue weighted by Gasteiger charge is 2.21. The molecule has 1 aromatic heterocycles. The van der Waals surface area contributed by atoms with Gasteiger partial charge in [0.1, 0.15) is 10.8 Å². The van der Waals surface area contributed by atoms with E-state index >= 15 is 0 Å². The van der Waals surface area contributed by atoms with Crippen LogP contribution in [0.25, 0.3) is 0 Å². The third-order valence-electron chi connectivity index (χ3n) is 2.76. The molecule has 100 valence electrons. The molecule has 5 nitrogen and oxygen atoms in total. The van der Waals surface area contributed by atoms with Crippen LogP contribution < -0.4 is 0 Å². The summed E-state index contributed by atoms with van der Waals surface area (Å²) >= 11 is 5.65. The lowest BCUT2D eigenvalue weighted by Gasteiger charge is -2.27. The summed E-state index contributed by atoms with van der Waals surface area (Å²) < 4.78 is 5.02. The lowest BCUT2D eigenvalue weighted by atomic mass is 10.2. The molecule has 0 bridgehead atoms. The van der Waals surface area contributed by atoms with Gasteiger partial charge in [0.05, 0.1) is 19.0 Å². The van der Waals surface area contributed by atoms with Crippen LogP contribution in [0.3, 0.4) is 0 Å². The molecule has 6 heteroatoms. The summed E-state index contributed by atoms with van der Waals surface area (Å²) in [5.41, 5.74) is 0.302. The first-order chi connectivity index (χ1) is 8.60. The minimum Gasteiger partial charge on any atom is -0.383 e. The number of aromatic nitrogens is 2. The van der Waals surface area contributed by atoms with Crippen molar-refractivity contribution >= 4 is 17.5 Å². The Kier molecular flexibility index (Phi) is 6.01. The Morgan fingerprint density at radius 2 is 2.22 bits per heavy atom. The molecule has 0 fully saturated rings. The molecule has 0 aliphatic carbocycles. The van der Waals surface area contributed by atoms with Gasteiger partial charge in [-0.05, 0) is 13.3 Å². The van der Waals surface area contributed by atoms with Gasteiger partial charge in [-0.2, -0.15) is 0 Å². The van der Waals surface area contributed by atoms with Crippen molar-refractivity contribution in [3.8, 4) is 0 Å². The molecule has 1 atom stereocenters. The molecule has 0 saturated carbocycles. The molecule has 18 heavy (non-hydrogen) atoms. The molecule has 0 aliphatic heterocycles. The molecule has 0 aliphatic rings. The topological polar surface area (TPSA) is 55.3 Å². The van der Waals surface area contributed by atoms with Crippen LogP contribution in [-0.4, -0.2) is 47.1 Å². The SMILES string of the molecule is CCC(C)N(CCOC)C(=O)c1cnc(Cl)cn1. The summed E-state index contributed by atoms with van der Waals surface area (Å²) in [6.07, 6.45) is 3.64. The van der Waals surface area contributed by atoms with Gasteiger partial charge in [0.2, 0.25) is 0 Å². The predicted octanol–water partition coefficient (Wildman–Crippen LogP) is 2.02. The number of nitrogens with zero attached hydrogens (tertiary/aromatic N) is 3. The zero-order chi connectivity index (χ0) is 13.5. The van der Waals surface area contributed by atoms with E-state index in [4.69, 9.17) is 16.3 Å². The summed E-state index contributed by atoms with van der Waals surface area (Å²) in [5, 5.41) is 0.276. The first-order valence-electron chi connectivity index (χ1n) is 5.87. The van der Waals surface area contributed by atoms with Crippen molar-refractivity contribution in [2.75, 3.05) is 20.3 Å². The Hall–Kier alpha value is -1.20. The zero-order valence-electron chi connectivity index (χ0n) is 10.9. The fourth-order valence-electron chi connectivity index (χ4n) is 1.50. The fraction of sp³-hybridized carbons (Fsp3) is 0.583. The van der Waals surface area contributed by atoms with E-state index in [0.29, 0.717) is 18.8 Å². The van der Waals surface area contributed by atoms with Crippen LogP contribution in [-0.2, 0) is 4.74 Å². The van der Waals surface area contributed by atoms with Crippen molar-refractivity contribution in [1.29, 1.82) is 0 Å². The molecule has 1 heterocycles. The Balaban J connectivity index is 2.83. The monoisotopic (exact) mass is 271 g/mol. The van der Waals surface area contributed by atoms with E-state index in [9.17, 15) is 4.79 Å². The maximum Gasteiger partial charge on any atom is 0.274 e. The van der Waals surface area contributed by atoms with Gasteiger partial charge in [-0.25, -0.2) is 9.97 Å². The quantitative estimate of drug-likeness (QED) is 0.794. The summed E-state index contributed by atoms with van der Waals surface area (Å²) in [7, 11) is 1.61. The third-order valence-corrected chi connectivity index (χ3v) is 2.95. The second-order valence-electron chi connectivity index (χ2n) is 3.97. The Labute approximate surface area is 112 Å². The van der Waals surface area contributed by atoms with Gasteiger partial charge in [-0.3, -0.25) is 4.79 Å². The van der Waals surface area contributed by atoms with Crippen molar-refractivity contribution in [3.05, 3.63) is 23.2 Å². The lowest BCUT2D eigenvalue weighted by Crippen LogP contribution is -2.40. The van der Waals surface area contributed by atoms with Crippen LogP contribution in [0.2, 0.25) is 5.15 Å². The number of methoxy groups -OCH3 is 1. The maximum atomic E-state index is 12.3. The van der Waals surface area contributed by atoms with Gasteiger partial charge in [0, 0.05) is 19.7 Å². The van der Waals surface area contributed by atoms with Crippen LogP contribution in [0.15, 0.2) is 12.4 Å². The molecular weight excluding hydrogens is 254 g/mol. The number of rotatable bonds is 6. The van der Waals surface area contributed by atoms with E-state index in [1.165, 1.54) is 12.4 Å². The average molecular weight is 272 g/mol. The van der Waals surface area contributed by atoms with E-state index in [0.717, 1.165) is 6.42 Å². The Bertz CT molecular complexity index is 383. The highest BCUT2D eigenvalue weighted by atomic mass is 35.5. The summed E-state index contributed by atoms with van der Waals surface area (Å²) in [6.45, 7) is 5.06. The van der Waals surface area contributed by atoms with Crippen LogP contribution in [0.4, 0.5) is 0 Å². The molecule has 0 spiro atoms. The highest BCUT2D eigenvalue weighted by molar-refractivity contribution is 6.29. The van der Waals surface area contributed by atoms with Gasteiger partial charge in [0.25, 0.3) is 5.91 Å². The average Bonchev–Trinajstić information content (AvgIpc) is 2.39. The molecule has 1 amide bonds.